The molecule has 2 N–H and O–H groups in total. The summed E-state index contributed by atoms with van der Waals surface area (Å²) in [5.41, 5.74) is 1.07. The first-order valence-electron chi connectivity index (χ1n) is 4.80. The fraction of sp³-hybridized carbons (Fsp3) is 0.455. The molecule has 0 aromatic heterocycles. The molecule has 72 valence electrons. The van der Waals surface area contributed by atoms with Crippen LogP contribution in [0.2, 0.25) is 0 Å². The maximum atomic E-state index is 9.45. The second-order valence-corrected chi connectivity index (χ2v) is 3.19. The van der Waals surface area contributed by atoms with E-state index in [0.29, 0.717) is 6.54 Å². The zero-order valence-corrected chi connectivity index (χ0v) is 8.03. The van der Waals surface area contributed by atoms with Crippen molar-refractivity contribution in [3.8, 4) is 0 Å². The van der Waals surface area contributed by atoms with E-state index < -0.39 is 0 Å². The Hall–Kier alpha value is -1.02. The van der Waals surface area contributed by atoms with E-state index in [1.165, 1.54) is 0 Å². The zero-order valence-electron chi connectivity index (χ0n) is 8.03. The molecule has 0 amide bonds. The zero-order chi connectivity index (χ0) is 9.52. The fourth-order valence-corrected chi connectivity index (χ4v) is 1.23. The van der Waals surface area contributed by atoms with E-state index in [0.717, 1.165) is 18.5 Å². The summed E-state index contributed by atoms with van der Waals surface area (Å²) >= 11 is 0. The van der Waals surface area contributed by atoms with Crippen LogP contribution in [0.5, 0.6) is 0 Å². The van der Waals surface area contributed by atoms with Gasteiger partial charge in [0, 0.05) is 12.2 Å². The van der Waals surface area contributed by atoms with Crippen LogP contribution in [0.1, 0.15) is 19.8 Å². The summed E-state index contributed by atoms with van der Waals surface area (Å²) in [7, 11) is 0. The second-order valence-electron chi connectivity index (χ2n) is 3.19. The van der Waals surface area contributed by atoms with Crippen molar-refractivity contribution in [3.05, 3.63) is 30.3 Å². The first-order chi connectivity index (χ1) is 6.33. The Bertz CT molecular complexity index is 223. The standard InChI is InChI=1S/C11H17NO/c1-2-6-11(13)9-12-10-7-4-3-5-8-10/h3-5,7-8,11-13H,2,6,9H2,1H3. The van der Waals surface area contributed by atoms with E-state index in [1.807, 2.05) is 30.3 Å². The Morgan fingerprint density at radius 3 is 2.62 bits per heavy atom. The lowest BCUT2D eigenvalue weighted by Crippen LogP contribution is -2.18. The number of hydrogen-bond donors (Lipinski definition) is 2. The highest BCUT2D eigenvalue weighted by Crippen LogP contribution is 2.05. The molecule has 0 aliphatic carbocycles. The third kappa shape index (κ3) is 3.95. The Kier molecular flexibility index (Phi) is 4.33. The number of aliphatic hydroxyl groups is 1. The molecule has 0 aliphatic heterocycles. The van der Waals surface area contributed by atoms with E-state index in [4.69, 9.17) is 0 Å². The quantitative estimate of drug-likeness (QED) is 0.726. The van der Waals surface area contributed by atoms with Crippen molar-refractivity contribution in [1.29, 1.82) is 0 Å². The van der Waals surface area contributed by atoms with E-state index in [2.05, 4.69) is 12.2 Å². The predicted octanol–water partition coefficient (Wildman–Crippen LogP) is 2.26. The van der Waals surface area contributed by atoms with Crippen molar-refractivity contribution in [3.63, 3.8) is 0 Å². The normalized spacial score (nSPS) is 12.5. The average Bonchev–Trinajstić information content (AvgIpc) is 2.17. The summed E-state index contributed by atoms with van der Waals surface area (Å²) in [5, 5.41) is 12.6. The topological polar surface area (TPSA) is 32.3 Å². The van der Waals surface area contributed by atoms with E-state index in [9.17, 15) is 5.11 Å². The molecule has 0 saturated carbocycles. The van der Waals surface area contributed by atoms with Crippen molar-refractivity contribution in [1.82, 2.24) is 0 Å². The van der Waals surface area contributed by atoms with Crippen LogP contribution >= 0.6 is 0 Å². The smallest absolute Gasteiger partial charge is 0.0712 e. The van der Waals surface area contributed by atoms with Crippen molar-refractivity contribution in [2.45, 2.75) is 25.9 Å². The van der Waals surface area contributed by atoms with Gasteiger partial charge in [-0.25, -0.2) is 0 Å². The Labute approximate surface area is 79.6 Å². The van der Waals surface area contributed by atoms with Crippen molar-refractivity contribution >= 4 is 5.69 Å². The molecule has 2 nitrogen and oxygen atoms in total. The lowest BCUT2D eigenvalue weighted by atomic mass is 10.2. The molecule has 0 fully saturated rings. The van der Waals surface area contributed by atoms with Crippen LogP contribution in [0.25, 0.3) is 0 Å². The number of anilines is 1. The van der Waals surface area contributed by atoms with E-state index >= 15 is 0 Å². The van der Waals surface area contributed by atoms with Gasteiger partial charge in [0.25, 0.3) is 0 Å². The summed E-state index contributed by atoms with van der Waals surface area (Å²) in [4.78, 5) is 0. The first kappa shape index (κ1) is 10.1. The fourth-order valence-electron chi connectivity index (χ4n) is 1.23. The summed E-state index contributed by atoms with van der Waals surface area (Å²) in [6.45, 7) is 2.71. The Balaban J connectivity index is 2.27. The number of para-hydroxylation sites is 1. The summed E-state index contributed by atoms with van der Waals surface area (Å²) < 4.78 is 0. The highest BCUT2D eigenvalue weighted by molar-refractivity contribution is 5.42. The first-order valence-corrected chi connectivity index (χ1v) is 4.80. The van der Waals surface area contributed by atoms with Crippen LogP contribution in [-0.2, 0) is 0 Å². The van der Waals surface area contributed by atoms with Gasteiger partial charge < -0.3 is 10.4 Å². The lowest BCUT2D eigenvalue weighted by Gasteiger charge is -2.11. The molecule has 1 atom stereocenters. The lowest BCUT2D eigenvalue weighted by molar-refractivity contribution is 0.176. The number of aliphatic hydroxyl groups excluding tert-OH is 1. The number of hydrogen-bond acceptors (Lipinski definition) is 2. The van der Waals surface area contributed by atoms with Crippen LogP contribution in [-0.4, -0.2) is 17.8 Å². The molecule has 0 radical (unpaired) electrons. The third-order valence-corrected chi connectivity index (χ3v) is 1.94. The third-order valence-electron chi connectivity index (χ3n) is 1.94. The SMILES string of the molecule is CCCC(O)CNc1ccccc1. The summed E-state index contributed by atoms with van der Waals surface area (Å²) in [6, 6.07) is 9.94. The van der Waals surface area contributed by atoms with Gasteiger partial charge >= 0.3 is 0 Å². The molecule has 1 rings (SSSR count). The van der Waals surface area contributed by atoms with Crippen molar-refractivity contribution in [2.75, 3.05) is 11.9 Å². The van der Waals surface area contributed by atoms with Gasteiger partial charge in [0.05, 0.1) is 6.10 Å². The average molecular weight is 179 g/mol. The largest absolute Gasteiger partial charge is 0.391 e. The Morgan fingerprint density at radius 1 is 1.31 bits per heavy atom. The Morgan fingerprint density at radius 2 is 2.00 bits per heavy atom. The van der Waals surface area contributed by atoms with Gasteiger partial charge in [-0.2, -0.15) is 0 Å². The second kappa shape index (κ2) is 5.60. The monoisotopic (exact) mass is 179 g/mol. The highest BCUT2D eigenvalue weighted by atomic mass is 16.3. The maximum absolute atomic E-state index is 9.45. The van der Waals surface area contributed by atoms with Gasteiger partial charge in [-0.05, 0) is 18.6 Å². The molecule has 1 unspecified atom stereocenters. The van der Waals surface area contributed by atoms with Crippen LogP contribution in [0.4, 0.5) is 5.69 Å². The number of nitrogens with one attached hydrogen (secondary N) is 1. The minimum Gasteiger partial charge on any atom is -0.391 e. The van der Waals surface area contributed by atoms with E-state index in [-0.39, 0.29) is 6.10 Å². The van der Waals surface area contributed by atoms with Gasteiger partial charge in [-0.3, -0.25) is 0 Å². The number of benzene rings is 1. The molecule has 0 bridgehead atoms. The molecule has 2 heteroatoms. The molecular formula is C11H17NO. The van der Waals surface area contributed by atoms with Crippen molar-refractivity contribution in [2.24, 2.45) is 0 Å². The molecule has 13 heavy (non-hydrogen) atoms. The molecular weight excluding hydrogens is 162 g/mol. The minimum atomic E-state index is -0.231. The predicted molar refractivity (Wildman–Crippen MR) is 55.8 cm³/mol. The molecule has 0 aliphatic rings. The summed E-state index contributed by atoms with van der Waals surface area (Å²) in [6.07, 6.45) is 1.66. The van der Waals surface area contributed by atoms with Crippen LogP contribution in [0, 0.1) is 0 Å². The maximum Gasteiger partial charge on any atom is 0.0712 e. The highest BCUT2D eigenvalue weighted by Gasteiger charge is 2.00. The van der Waals surface area contributed by atoms with Crippen LogP contribution < -0.4 is 5.32 Å². The minimum absolute atomic E-state index is 0.231. The molecule has 0 saturated heterocycles. The van der Waals surface area contributed by atoms with Gasteiger partial charge in [0.15, 0.2) is 0 Å². The van der Waals surface area contributed by atoms with Crippen molar-refractivity contribution < 1.29 is 5.11 Å². The van der Waals surface area contributed by atoms with Gasteiger partial charge in [-0.1, -0.05) is 31.5 Å². The van der Waals surface area contributed by atoms with Crippen LogP contribution in [0.15, 0.2) is 30.3 Å². The molecule has 1 aromatic carbocycles. The molecule has 0 heterocycles. The van der Waals surface area contributed by atoms with Gasteiger partial charge in [0.2, 0.25) is 0 Å². The molecule has 1 aromatic rings. The van der Waals surface area contributed by atoms with Gasteiger partial charge in [-0.15, -0.1) is 0 Å². The van der Waals surface area contributed by atoms with Crippen LogP contribution in [0.3, 0.4) is 0 Å². The molecule has 0 spiro atoms. The number of rotatable bonds is 5. The van der Waals surface area contributed by atoms with E-state index in [1.54, 1.807) is 0 Å². The summed E-state index contributed by atoms with van der Waals surface area (Å²) in [5.74, 6) is 0. The van der Waals surface area contributed by atoms with Gasteiger partial charge in [0.1, 0.15) is 0 Å².